The molecule has 6 amide bonds. The second-order valence-corrected chi connectivity index (χ2v) is 17.6. The summed E-state index contributed by atoms with van der Waals surface area (Å²) in [6.07, 6.45) is -2.83. The number of guanidine groups is 1. The van der Waals surface area contributed by atoms with Crippen LogP contribution in [0.15, 0.2) is 81.8 Å². The van der Waals surface area contributed by atoms with Crippen LogP contribution in [0.25, 0.3) is 0 Å². The van der Waals surface area contributed by atoms with Crippen molar-refractivity contribution in [3.8, 4) is 5.75 Å². The van der Waals surface area contributed by atoms with E-state index in [2.05, 4.69) is 52.4 Å². The van der Waals surface area contributed by atoms with Crippen LogP contribution in [0.5, 0.6) is 5.75 Å². The van der Waals surface area contributed by atoms with Gasteiger partial charge in [-0.05, 0) is 61.1 Å². The Balaban J connectivity index is 0.00000192. The van der Waals surface area contributed by atoms with E-state index in [9.17, 15) is 64.8 Å². The second-order valence-electron chi connectivity index (χ2n) is 16.2. The summed E-state index contributed by atoms with van der Waals surface area (Å²) < 4.78 is 70.1. The number of anilines is 1. The summed E-state index contributed by atoms with van der Waals surface area (Å²) in [4.78, 5) is 108. The maximum absolute atomic E-state index is 13.8. The first-order valence-electron chi connectivity index (χ1n) is 22.1. The fraction of sp³-hybridized carbons (Fsp3) is 0.386. The van der Waals surface area contributed by atoms with Crippen molar-refractivity contribution in [2.75, 3.05) is 31.7 Å². The molecule has 1 saturated heterocycles. The number of alkyl halides is 3. The highest BCUT2D eigenvalue weighted by molar-refractivity contribution is 7.86. The number of carboxylic acids is 2. The van der Waals surface area contributed by atoms with E-state index in [1.54, 1.807) is 44.2 Å². The Morgan fingerprint density at radius 1 is 0.878 bits per heavy atom. The van der Waals surface area contributed by atoms with Gasteiger partial charge in [-0.2, -0.15) is 26.7 Å². The van der Waals surface area contributed by atoms with Gasteiger partial charge in [0.15, 0.2) is 5.96 Å². The molecule has 402 valence electrons. The lowest BCUT2D eigenvalue weighted by Gasteiger charge is -2.27. The van der Waals surface area contributed by atoms with Gasteiger partial charge in [-0.1, -0.05) is 44.2 Å². The minimum absolute atomic E-state index is 0.0473. The highest BCUT2D eigenvalue weighted by Gasteiger charge is 2.38. The number of nitrogens with two attached hydrogens (primary N) is 2. The van der Waals surface area contributed by atoms with Gasteiger partial charge in [0.25, 0.3) is 16.0 Å². The number of hydrogen-bond acceptors (Lipinski definition) is 15. The molecule has 1 fully saturated rings. The second kappa shape index (κ2) is 28.6. The number of carboxylic acid groups (broad SMARTS) is 2. The van der Waals surface area contributed by atoms with Crippen molar-refractivity contribution in [3.05, 3.63) is 83.6 Å². The van der Waals surface area contributed by atoms with Gasteiger partial charge >= 0.3 is 18.1 Å². The zero-order valence-electron chi connectivity index (χ0n) is 39.5. The Bertz CT molecular complexity index is 2640. The van der Waals surface area contributed by atoms with E-state index in [1.807, 2.05) is 0 Å². The quantitative estimate of drug-likeness (QED) is 0.0234. The number of hydrazone groups is 1. The van der Waals surface area contributed by atoms with Gasteiger partial charge in [-0.25, -0.2) is 9.78 Å². The molecule has 4 atom stereocenters. The van der Waals surface area contributed by atoms with E-state index >= 15 is 0 Å². The minimum atomic E-state index is -5.08. The van der Waals surface area contributed by atoms with Crippen molar-refractivity contribution in [1.29, 1.82) is 0 Å². The molecule has 0 radical (unpaired) electrons. The molecule has 14 N–H and O–H groups in total. The monoisotopic (exact) mass is 1060 g/mol. The van der Waals surface area contributed by atoms with Crippen molar-refractivity contribution >= 4 is 75.5 Å². The van der Waals surface area contributed by atoms with Crippen LogP contribution in [0.3, 0.4) is 0 Å². The maximum atomic E-state index is 13.8. The maximum Gasteiger partial charge on any atom is 0.490 e. The highest BCUT2D eigenvalue weighted by Crippen LogP contribution is 2.17. The number of amides is 6. The average Bonchev–Trinajstić information content (AvgIpc) is 3.32. The lowest BCUT2D eigenvalue weighted by Crippen LogP contribution is -2.59. The Labute approximate surface area is 420 Å². The molecule has 1 aromatic heterocycles. The predicted molar refractivity (Wildman–Crippen MR) is 256 cm³/mol. The number of pyridine rings is 1. The topological polar surface area (TPSA) is 414 Å². The van der Waals surface area contributed by atoms with E-state index in [1.165, 1.54) is 42.7 Å². The number of carbonyl (C=O) groups is 8. The third kappa shape index (κ3) is 21.1. The molecule has 0 aliphatic carbocycles. The number of hydrogen-bond donors (Lipinski definition) is 12. The average molecular weight is 1070 g/mol. The predicted octanol–water partition coefficient (Wildman–Crippen LogP) is -0.598. The molecule has 2 aromatic carbocycles. The zero-order valence-corrected chi connectivity index (χ0v) is 40.4. The number of aliphatic imine (C=N–C) groups is 1. The summed E-state index contributed by atoms with van der Waals surface area (Å²) in [5.41, 5.74) is 14.3. The van der Waals surface area contributed by atoms with Gasteiger partial charge in [0.2, 0.25) is 29.5 Å². The fourth-order valence-corrected chi connectivity index (χ4v) is 7.00. The summed E-state index contributed by atoms with van der Waals surface area (Å²) in [5, 5.41) is 35.8. The Morgan fingerprint density at radius 2 is 1.53 bits per heavy atom. The number of carbonyl (C=O) groups excluding carboxylic acids is 6. The van der Waals surface area contributed by atoms with Gasteiger partial charge in [-0.15, -0.1) is 0 Å². The molecule has 74 heavy (non-hydrogen) atoms. The third-order valence-electron chi connectivity index (χ3n) is 10.00. The molecule has 2 heterocycles. The minimum Gasteiger partial charge on any atom is -0.494 e. The van der Waals surface area contributed by atoms with Crippen LogP contribution < -0.4 is 53.5 Å². The molecule has 0 bridgehead atoms. The number of ether oxygens (including phenoxy) is 1. The molecule has 0 spiro atoms. The van der Waals surface area contributed by atoms with Crippen LogP contribution in [0.2, 0.25) is 0 Å². The van der Waals surface area contributed by atoms with Gasteiger partial charge < -0.3 is 58.3 Å². The fourth-order valence-electron chi connectivity index (χ4n) is 6.33. The molecule has 1 aliphatic rings. The van der Waals surface area contributed by atoms with Crippen LogP contribution in [0.1, 0.15) is 61.0 Å². The van der Waals surface area contributed by atoms with E-state index in [4.69, 9.17) is 26.1 Å². The van der Waals surface area contributed by atoms with Crippen LogP contribution in [0.4, 0.5) is 19.0 Å². The largest absolute Gasteiger partial charge is 0.494 e. The highest BCUT2D eigenvalue weighted by atomic mass is 32.2. The summed E-state index contributed by atoms with van der Waals surface area (Å²) in [6, 6.07) is 9.85. The Kier molecular flexibility index (Phi) is 23.1. The molecule has 1 unspecified atom stereocenters. The SMILES string of the molecule is CC(C)[C@H]1NC(=O)C(CCCN=C(N)N)NC(=O)CNC(=O)[C@@H](CC(=O)O)NC(=O)[C@@H](Cc2ccc(OCCCNC(=O)c3ccc(NN=Cc4ccccc4S(=O)(=O)O)nc3)cc2)NC1=O.O=C(O)C(F)(F)F. The van der Waals surface area contributed by atoms with Gasteiger partial charge in [-0.3, -0.25) is 48.5 Å². The molecule has 0 saturated carbocycles. The van der Waals surface area contributed by atoms with E-state index in [0.717, 1.165) is 0 Å². The van der Waals surface area contributed by atoms with Crippen LogP contribution in [0, 0.1) is 5.92 Å². The molecule has 3 aromatic rings. The van der Waals surface area contributed by atoms with Crippen molar-refractivity contribution in [3.63, 3.8) is 0 Å². The lowest BCUT2D eigenvalue weighted by molar-refractivity contribution is -0.192. The van der Waals surface area contributed by atoms with E-state index in [0.29, 0.717) is 17.7 Å². The van der Waals surface area contributed by atoms with Gasteiger partial charge in [0.05, 0.1) is 31.4 Å². The van der Waals surface area contributed by atoms with E-state index in [-0.39, 0.29) is 66.8 Å². The number of halogens is 3. The van der Waals surface area contributed by atoms with Gasteiger partial charge in [0, 0.05) is 31.3 Å². The van der Waals surface area contributed by atoms with Crippen LogP contribution in [-0.4, -0.2) is 144 Å². The summed E-state index contributed by atoms with van der Waals surface area (Å²) in [7, 11) is -4.45. The van der Waals surface area contributed by atoms with E-state index < -0.39 is 107 Å². The third-order valence-corrected chi connectivity index (χ3v) is 10.9. The van der Waals surface area contributed by atoms with Crippen molar-refractivity contribution in [1.82, 2.24) is 36.9 Å². The first kappa shape index (κ1) is 59.9. The summed E-state index contributed by atoms with van der Waals surface area (Å²) in [6.45, 7) is 3.25. The Morgan fingerprint density at radius 3 is 2.12 bits per heavy atom. The van der Waals surface area contributed by atoms with Crippen LogP contribution >= 0.6 is 0 Å². The van der Waals surface area contributed by atoms with Crippen LogP contribution in [-0.2, 0) is 50.1 Å². The molecule has 4 rings (SSSR count). The lowest BCUT2D eigenvalue weighted by atomic mass is 9.99. The molecule has 26 nitrogen and oxygen atoms in total. The van der Waals surface area contributed by atoms with Crippen molar-refractivity contribution < 1.29 is 79.4 Å². The first-order valence-corrected chi connectivity index (χ1v) is 23.6. The number of aromatic nitrogens is 1. The number of nitrogens with zero attached hydrogens (tertiary/aromatic N) is 3. The normalized spacial score (nSPS) is 17.9. The number of aliphatic carboxylic acids is 2. The summed E-state index contributed by atoms with van der Waals surface area (Å²) >= 11 is 0. The first-order chi connectivity index (χ1) is 34.7. The number of nitrogens with one attached hydrogen (secondary N) is 7. The molecular formula is C44H55F3N12O14S. The van der Waals surface area contributed by atoms with Crippen molar-refractivity contribution in [2.24, 2.45) is 27.5 Å². The zero-order chi connectivity index (χ0) is 55.2. The smallest absolute Gasteiger partial charge is 0.490 e. The standard InChI is InChI=1S/C42H54N12O12S.C2HF3O2/c1-24(2)36-41(62)52-30(40(61)51-31(20-35(56)57)38(59)48-23-34(55)50-29(39(60)53-36)8-5-16-46-42(43)44)19-25-10-13-28(14-11-25)66-18-6-17-45-37(58)27-12-15-33(47-21-27)54-49-22-26-7-3-4-9-32(26)67(63,64)65;3-2(4,5)1(6)7/h3-4,7,9-15,21-22,24,29-31,36H,5-6,8,16-20,23H2,1-2H3,(H,45,58)(H,47,54)(H,48,59)(H,50,55)(H,51,61)(H,52,62)(H,53,60)(H,56,57)(H4,43,44,46)(H,63,64,65);(H,6,7)/t29?,30-,31-,36-;/m1./s1. The Hall–Kier alpha value is -8.41. The molecule has 1 aliphatic heterocycles. The number of rotatable bonds is 19. The summed E-state index contributed by atoms with van der Waals surface area (Å²) in [5.74, 6) is -8.72. The molecule has 30 heteroatoms. The van der Waals surface area contributed by atoms with Crippen molar-refractivity contribution in [2.45, 2.75) is 81.2 Å². The van der Waals surface area contributed by atoms with Gasteiger partial charge in [0.1, 0.15) is 40.6 Å². The number of benzene rings is 2. The molecular weight excluding hydrogens is 1010 g/mol.